The first-order chi connectivity index (χ1) is 8.45. The van der Waals surface area contributed by atoms with Gasteiger partial charge in [0.05, 0.1) is 0 Å². The number of carboxylic acids is 1. The van der Waals surface area contributed by atoms with E-state index in [0.717, 1.165) is 23.1 Å². The highest BCUT2D eigenvalue weighted by molar-refractivity contribution is 5.95. The quantitative estimate of drug-likeness (QED) is 0.814. The molecule has 0 bridgehead atoms. The third-order valence-corrected chi connectivity index (χ3v) is 2.13. The molecule has 0 aliphatic heterocycles. The second-order valence-electron chi connectivity index (χ2n) is 3.50. The molecule has 0 aliphatic rings. The second kappa shape index (κ2) is 5.90. The van der Waals surface area contributed by atoms with Crippen molar-refractivity contribution in [2.75, 3.05) is 13.1 Å². The van der Waals surface area contributed by atoms with Crippen molar-refractivity contribution in [1.29, 1.82) is 0 Å². The van der Waals surface area contributed by atoms with Gasteiger partial charge >= 0.3 is 5.97 Å². The van der Waals surface area contributed by atoms with Crippen LogP contribution >= 0.6 is 0 Å². The Morgan fingerprint density at radius 1 is 1.33 bits per heavy atom. The molecule has 1 amide bonds. The van der Waals surface area contributed by atoms with Crippen LogP contribution in [-0.2, 0) is 4.79 Å². The highest BCUT2D eigenvalue weighted by atomic mass is 19.2. The van der Waals surface area contributed by atoms with Crippen LogP contribution in [0.4, 0.5) is 8.78 Å². The van der Waals surface area contributed by atoms with E-state index in [1.165, 1.54) is 6.08 Å². The summed E-state index contributed by atoms with van der Waals surface area (Å²) >= 11 is 0. The second-order valence-corrected chi connectivity index (χ2v) is 3.50. The van der Waals surface area contributed by atoms with Gasteiger partial charge in [0.1, 0.15) is 6.54 Å². The van der Waals surface area contributed by atoms with Gasteiger partial charge in [-0.1, -0.05) is 6.08 Å². The van der Waals surface area contributed by atoms with Crippen LogP contribution in [0, 0.1) is 11.6 Å². The van der Waals surface area contributed by atoms with Gasteiger partial charge < -0.3 is 10.0 Å². The largest absolute Gasteiger partial charge is 0.480 e. The molecule has 0 unspecified atom stereocenters. The predicted octanol–water partition coefficient (Wildman–Crippen LogP) is 1.68. The van der Waals surface area contributed by atoms with Crippen LogP contribution in [0.25, 0.3) is 0 Å². The van der Waals surface area contributed by atoms with Gasteiger partial charge in [0.2, 0.25) is 0 Å². The molecule has 6 heteroatoms. The molecule has 0 saturated heterocycles. The van der Waals surface area contributed by atoms with Crippen LogP contribution in [0.5, 0.6) is 0 Å². The average Bonchev–Trinajstić information content (AvgIpc) is 2.31. The highest BCUT2D eigenvalue weighted by Crippen LogP contribution is 2.11. The van der Waals surface area contributed by atoms with Gasteiger partial charge in [-0.15, -0.1) is 6.58 Å². The van der Waals surface area contributed by atoms with Crippen LogP contribution in [0.3, 0.4) is 0 Å². The Morgan fingerprint density at radius 2 is 2.00 bits per heavy atom. The number of carboxylic acid groups (broad SMARTS) is 1. The molecule has 0 heterocycles. The molecular formula is C12H11F2NO3. The maximum absolute atomic E-state index is 13.0. The number of nitrogens with zero attached hydrogens (tertiary/aromatic N) is 1. The number of benzene rings is 1. The molecule has 0 spiro atoms. The van der Waals surface area contributed by atoms with E-state index in [0.29, 0.717) is 0 Å². The summed E-state index contributed by atoms with van der Waals surface area (Å²) in [6.45, 7) is 2.86. The number of carbonyl (C=O) groups is 2. The number of carbonyl (C=O) groups excluding carboxylic acids is 1. The summed E-state index contributed by atoms with van der Waals surface area (Å²) in [4.78, 5) is 23.4. The molecule has 4 nitrogen and oxygen atoms in total. The lowest BCUT2D eigenvalue weighted by Gasteiger charge is -2.18. The normalized spacial score (nSPS) is 9.89. The summed E-state index contributed by atoms with van der Waals surface area (Å²) in [5, 5.41) is 8.64. The first-order valence-electron chi connectivity index (χ1n) is 5.02. The van der Waals surface area contributed by atoms with Crippen molar-refractivity contribution >= 4 is 11.9 Å². The van der Waals surface area contributed by atoms with Crippen molar-refractivity contribution in [2.24, 2.45) is 0 Å². The SMILES string of the molecule is C=CCN(CC(=O)O)C(=O)c1ccc(F)c(F)c1. The lowest BCUT2D eigenvalue weighted by Crippen LogP contribution is -2.35. The number of amides is 1. The molecule has 0 atom stereocenters. The van der Waals surface area contributed by atoms with Crippen molar-refractivity contribution in [3.05, 3.63) is 48.1 Å². The van der Waals surface area contributed by atoms with Gasteiger partial charge in [0.15, 0.2) is 11.6 Å². The minimum Gasteiger partial charge on any atom is -0.480 e. The van der Waals surface area contributed by atoms with Crippen molar-refractivity contribution in [1.82, 2.24) is 4.90 Å². The van der Waals surface area contributed by atoms with E-state index in [9.17, 15) is 18.4 Å². The summed E-state index contributed by atoms with van der Waals surface area (Å²) in [5.41, 5.74) is -0.114. The Balaban J connectivity index is 2.97. The van der Waals surface area contributed by atoms with Gasteiger partial charge in [-0.3, -0.25) is 9.59 Å². The highest BCUT2D eigenvalue weighted by Gasteiger charge is 2.18. The minimum absolute atomic E-state index is 0.00410. The summed E-state index contributed by atoms with van der Waals surface area (Å²) in [5.74, 6) is -4.13. The van der Waals surface area contributed by atoms with Gasteiger partial charge in [-0.2, -0.15) is 0 Å². The molecule has 1 aromatic carbocycles. The standard InChI is InChI=1S/C12H11F2NO3/c1-2-5-15(7-11(16)17)12(18)8-3-4-9(13)10(14)6-8/h2-4,6H,1,5,7H2,(H,16,17). The predicted molar refractivity (Wildman–Crippen MR) is 60.1 cm³/mol. The van der Waals surface area contributed by atoms with E-state index >= 15 is 0 Å². The average molecular weight is 255 g/mol. The molecule has 0 radical (unpaired) electrons. The molecule has 18 heavy (non-hydrogen) atoms. The van der Waals surface area contributed by atoms with Crippen molar-refractivity contribution < 1.29 is 23.5 Å². The summed E-state index contributed by atoms with van der Waals surface area (Å²) in [6.07, 6.45) is 1.35. The molecule has 0 aromatic heterocycles. The van der Waals surface area contributed by atoms with Crippen molar-refractivity contribution in [2.45, 2.75) is 0 Å². The Bertz CT molecular complexity index is 488. The summed E-state index contributed by atoms with van der Waals surface area (Å²) < 4.78 is 25.7. The Morgan fingerprint density at radius 3 is 2.50 bits per heavy atom. The molecule has 1 rings (SSSR count). The topological polar surface area (TPSA) is 57.6 Å². The lowest BCUT2D eigenvalue weighted by atomic mass is 10.2. The van der Waals surface area contributed by atoms with Gasteiger partial charge in [0, 0.05) is 12.1 Å². The van der Waals surface area contributed by atoms with Crippen LogP contribution in [0.2, 0.25) is 0 Å². The zero-order valence-electron chi connectivity index (χ0n) is 9.40. The third-order valence-electron chi connectivity index (χ3n) is 2.13. The van der Waals surface area contributed by atoms with E-state index in [-0.39, 0.29) is 12.1 Å². The van der Waals surface area contributed by atoms with Crippen molar-refractivity contribution in [3.63, 3.8) is 0 Å². The molecule has 0 aliphatic carbocycles. The van der Waals surface area contributed by atoms with E-state index in [4.69, 9.17) is 5.11 Å². The van der Waals surface area contributed by atoms with Gasteiger partial charge in [-0.05, 0) is 18.2 Å². The first kappa shape index (κ1) is 13.8. The van der Waals surface area contributed by atoms with Crippen LogP contribution < -0.4 is 0 Å². The molecular weight excluding hydrogens is 244 g/mol. The smallest absolute Gasteiger partial charge is 0.323 e. The Kier molecular flexibility index (Phi) is 4.53. The fraction of sp³-hybridized carbons (Fsp3) is 0.167. The zero-order valence-corrected chi connectivity index (χ0v) is 9.40. The van der Waals surface area contributed by atoms with E-state index in [1.54, 1.807) is 0 Å². The van der Waals surface area contributed by atoms with Gasteiger partial charge in [0.25, 0.3) is 5.91 Å². The maximum Gasteiger partial charge on any atom is 0.323 e. The maximum atomic E-state index is 13.0. The Hall–Kier alpha value is -2.24. The molecule has 0 saturated carbocycles. The zero-order chi connectivity index (χ0) is 13.7. The third kappa shape index (κ3) is 3.38. The number of hydrogen-bond donors (Lipinski definition) is 1. The lowest BCUT2D eigenvalue weighted by molar-refractivity contribution is -0.137. The fourth-order valence-electron chi connectivity index (χ4n) is 1.35. The van der Waals surface area contributed by atoms with Crippen LogP contribution in [0.1, 0.15) is 10.4 Å². The van der Waals surface area contributed by atoms with E-state index in [2.05, 4.69) is 6.58 Å². The molecule has 0 fully saturated rings. The number of rotatable bonds is 5. The Labute approximate surface area is 102 Å². The molecule has 1 aromatic rings. The van der Waals surface area contributed by atoms with Crippen LogP contribution in [0.15, 0.2) is 30.9 Å². The van der Waals surface area contributed by atoms with Gasteiger partial charge in [-0.25, -0.2) is 8.78 Å². The number of hydrogen-bond acceptors (Lipinski definition) is 2. The molecule has 1 N–H and O–H groups in total. The monoisotopic (exact) mass is 255 g/mol. The summed E-state index contributed by atoms with van der Waals surface area (Å²) in [6, 6.07) is 2.64. The van der Waals surface area contributed by atoms with E-state index in [1.807, 2.05) is 0 Å². The van der Waals surface area contributed by atoms with E-state index < -0.39 is 30.1 Å². The molecule has 96 valence electrons. The first-order valence-corrected chi connectivity index (χ1v) is 5.02. The summed E-state index contributed by atoms with van der Waals surface area (Å²) in [7, 11) is 0. The minimum atomic E-state index is -1.20. The fourth-order valence-corrected chi connectivity index (χ4v) is 1.35. The van der Waals surface area contributed by atoms with Crippen LogP contribution in [-0.4, -0.2) is 35.0 Å². The number of halogens is 2. The van der Waals surface area contributed by atoms with Crippen molar-refractivity contribution in [3.8, 4) is 0 Å². The number of aliphatic carboxylic acids is 1.